The van der Waals surface area contributed by atoms with E-state index in [-0.39, 0.29) is 0 Å². The normalized spacial score (nSPS) is 14.7. The topological polar surface area (TPSA) is 60.3 Å². The Hall–Kier alpha value is -2.83. The van der Waals surface area contributed by atoms with E-state index in [0.29, 0.717) is 23.6 Å². The van der Waals surface area contributed by atoms with Crippen molar-refractivity contribution < 1.29 is 13.2 Å². The van der Waals surface area contributed by atoms with E-state index in [4.69, 9.17) is 4.74 Å². The van der Waals surface area contributed by atoms with Crippen LogP contribution in [0.1, 0.15) is 5.56 Å². The van der Waals surface area contributed by atoms with Crippen LogP contribution >= 0.6 is 0 Å². The van der Waals surface area contributed by atoms with Gasteiger partial charge in [-0.25, -0.2) is 12.4 Å². The molecule has 0 saturated carbocycles. The van der Waals surface area contributed by atoms with Gasteiger partial charge in [0, 0.05) is 35.6 Å². The summed E-state index contributed by atoms with van der Waals surface area (Å²) < 4.78 is 34.1. The third-order valence-corrected chi connectivity index (χ3v) is 6.78. The van der Waals surface area contributed by atoms with E-state index in [0.717, 1.165) is 34.0 Å². The molecule has 0 amide bonds. The van der Waals surface area contributed by atoms with Crippen molar-refractivity contribution in [2.24, 2.45) is 0 Å². The van der Waals surface area contributed by atoms with Crippen molar-refractivity contribution in [2.75, 3.05) is 13.2 Å². The van der Waals surface area contributed by atoms with Crippen LogP contribution in [0.3, 0.4) is 0 Å². The SMILES string of the molecule is O=S(=O)(c1cccc2ccccc12)n1ccc2c3c(ccc21)OCCNC3. The highest BCUT2D eigenvalue weighted by Gasteiger charge is 2.23. The van der Waals surface area contributed by atoms with Gasteiger partial charge in [-0.2, -0.15) is 0 Å². The summed E-state index contributed by atoms with van der Waals surface area (Å²) in [6.45, 7) is 2.03. The maximum atomic E-state index is 13.5. The van der Waals surface area contributed by atoms with Gasteiger partial charge in [-0.05, 0) is 29.7 Å². The zero-order valence-electron chi connectivity index (χ0n) is 14.6. The molecule has 1 aliphatic heterocycles. The summed E-state index contributed by atoms with van der Waals surface area (Å²) in [5.41, 5.74) is 1.66. The number of benzene rings is 3. The first kappa shape index (κ1) is 16.4. The molecule has 5 nitrogen and oxygen atoms in total. The molecule has 27 heavy (non-hydrogen) atoms. The predicted octanol–water partition coefficient (Wildman–Crippen LogP) is 3.51. The highest BCUT2D eigenvalue weighted by Crippen LogP contribution is 2.33. The van der Waals surface area contributed by atoms with E-state index >= 15 is 0 Å². The van der Waals surface area contributed by atoms with Crippen LogP contribution in [0.5, 0.6) is 5.75 Å². The van der Waals surface area contributed by atoms with Crippen LogP contribution in [0.2, 0.25) is 0 Å². The number of fused-ring (bicyclic) bond motifs is 4. The van der Waals surface area contributed by atoms with Gasteiger partial charge in [0.05, 0.1) is 10.4 Å². The third-order valence-electron chi connectivity index (χ3n) is 5.03. The maximum Gasteiger partial charge on any atom is 0.268 e. The van der Waals surface area contributed by atoms with Gasteiger partial charge < -0.3 is 10.1 Å². The summed E-state index contributed by atoms with van der Waals surface area (Å²) in [5, 5.41) is 5.84. The highest BCUT2D eigenvalue weighted by atomic mass is 32.2. The largest absolute Gasteiger partial charge is 0.492 e. The fraction of sp³-hybridized carbons (Fsp3) is 0.143. The predicted molar refractivity (Wildman–Crippen MR) is 106 cm³/mol. The van der Waals surface area contributed by atoms with Gasteiger partial charge in [0.15, 0.2) is 0 Å². The monoisotopic (exact) mass is 378 g/mol. The summed E-state index contributed by atoms with van der Waals surface area (Å²) in [6, 6.07) is 18.4. The minimum Gasteiger partial charge on any atom is -0.492 e. The second-order valence-corrected chi connectivity index (χ2v) is 8.38. The molecule has 1 aliphatic rings. The van der Waals surface area contributed by atoms with Gasteiger partial charge in [-0.3, -0.25) is 0 Å². The second-order valence-electron chi connectivity index (χ2n) is 6.59. The Morgan fingerprint density at radius 2 is 1.78 bits per heavy atom. The van der Waals surface area contributed by atoms with Crippen molar-refractivity contribution in [1.29, 1.82) is 0 Å². The first-order valence-corrected chi connectivity index (χ1v) is 10.3. The lowest BCUT2D eigenvalue weighted by Gasteiger charge is -2.12. The molecule has 0 unspecified atom stereocenters. The van der Waals surface area contributed by atoms with E-state index in [1.807, 2.05) is 48.5 Å². The maximum absolute atomic E-state index is 13.5. The Morgan fingerprint density at radius 3 is 2.70 bits per heavy atom. The Kier molecular flexibility index (Phi) is 3.70. The zero-order chi connectivity index (χ0) is 18.4. The Labute approximate surface area is 157 Å². The van der Waals surface area contributed by atoms with Crippen LogP contribution in [0, 0.1) is 0 Å². The molecule has 0 saturated heterocycles. The number of hydrogen-bond donors (Lipinski definition) is 1. The van der Waals surface area contributed by atoms with Crippen LogP contribution in [-0.4, -0.2) is 25.5 Å². The van der Waals surface area contributed by atoms with Crippen LogP contribution in [0.15, 0.2) is 71.8 Å². The molecule has 0 aliphatic carbocycles. The molecule has 6 heteroatoms. The van der Waals surface area contributed by atoms with Crippen LogP contribution < -0.4 is 10.1 Å². The summed E-state index contributed by atoms with van der Waals surface area (Å²) in [6.07, 6.45) is 1.63. The molecule has 5 rings (SSSR count). The highest BCUT2D eigenvalue weighted by molar-refractivity contribution is 7.90. The lowest BCUT2D eigenvalue weighted by molar-refractivity contribution is 0.326. The molecular weight excluding hydrogens is 360 g/mol. The fourth-order valence-corrected chi connectivity index (χ4v) is 5.30. The molecule has 1 aromatic heterocycles. The molecule has 3 aromatic carbocycles. The Balaban J connectivity index is 1.74. The lowest BCUT2D eigenvalue weighted by atomic mass is 10.1. The summed E-state index contributed by atoms with van der Waals surface area (Å²) in [4.78, 5) is 0.308. The minimum absolute atomic E-state index is 0.308. The van der Waals surface area contributed by atoms with Gasteiger partial charge in [-0.1, -0.05) is 36.4 Å². The standard InChI is InChI=1S/C21H18N2O3S/c24-27(25,21-7-3-5-15-4-1-2-6-16(15)21)23-12-10-17-18-14-22-11-13-26-20(18)9-8-19(17)23/h1-10,12,22H,11,13-14H2. The number of ether oxygens (including phenoxy) is 1. The first-order chi connectivity index (χ1) is 13.2. The van der Waals surface area contributed by atoms with E-state index < -0.39 is 10.0 Å². The average molecular weight is 378 g/mol. The number of nitrogens with one attached hydrogen (secondary N) is 1. The molecule has 0 bridgehead atoms. The van der Waals surface area contributed by atoms with Crippen molar-refractivity contribution in [3.63, 3.8) is 0 Å². The zero-order valence-corrected chi connectivity index (χ0v) is 15.4. The van der Waals surface area contributed by atoms with E-state index in [2.05, 4.69) is 5.32 Å². The molecular formula is C21H18N2O3S. The molecule has 0 radical (unpaired) electrons. The minimum atomic E-state index is -3.73. The summed E-state index contributed by atoms with van der Waals surface area (Å²) in [7, 11) is -3.73. The molecule has 4 aromatic rings. The summed E-state index contributed by atoms with van der Waals surface area (Å²) in [5.74, 6) is 0.813. The third kappa shape index (κ3) is 2.52. The molecule has 2 heterocycles. The quantitative estimate of drug-likeness (QED) is 0.580. The van der Waals surface area contributed by atoms with Gasteiger partial charge in [0.1, 0.15) is 12.4 Å². The number of nitrogens with zero attached hydrogens (tertiary/aromatic N) is 1. The van der Waals surface area contributed by atoms with Gasteiger partial charge >= 0.3 is 0 Å². The number of rotatable bonds is 2. The smallest absolute Gasteiger partial charge is 0.268 e. The van der Waals surface area contributed by atoms with E-state index in [1.54, 1.807) is 18.3 Å². The number of hydrogen-bond acceptors (Lipinski definition) is 4. The summed E-state index contributed by atoms with van der Waals surface area (Å²) >= 11 is 0. The van der Waals surface area contributed by atoms with Crippen molar-refractivity contribution in [3.05, 3.63) is 72.4 Å². The van der Waals surface area contributed by atoms with Crippen molar-refractivity contribution in [3.8, 4) is 5.75 Å². The van der Waals surface area contributed by atoms with Crippen molar-refractivity contribution in [2.45, 2.75) is 11.4 Å². The molecule has 136 valence electrons. The average Bonchev–Trinajstić information content (AvgIpc) is 2.99. The Morgan fingerprint density at radius 1 is 0.926 bits per heavy atom. The molecule has 0 fully saturated rings. The fourth-order valence-electron chi connectivity index (χ4n) is 3.73. The van der Waals surface area contributed by atoms with Crippen molar-refractivity contribution >= 4 is 31.7 Å². The van der Waals surface area contributed by atoms with Gasteiger partial charge in [0.2, 0.25) is 0 Å². The van der Waals surface area contributed by atoms with E-state index in [1.165, 1.54) is 3.97 Å². The molecule has 1 N–H and O–H groups in total. The van der Waals surface area contributed by atoms with E-state index in [9.17, 15) is 8.42 Å². The molecule has 0 atom stereocenters. The second kappa shape index (κ2) is 6.11. The Bertz CT molecular complexity index is 1270. The van der Waals surface area contributed by atoms with Crippen LogP contribution in [0.4, 0.5) is 0 Å². The van der Waals surface area contributed by atoms with Crippen molar-refractivity contribution in [1.82, 2.24) is 9.29 Å². The first-order valence-electron chi connectivity index (χ1n) is 8.86. The number of aromatic nitrogens is 1. The van der Waals surface area contributed by atoms with Crippen LogP contribution in [-0.2, 0) is 16.6 Å². The molecule has 0 spiro atoms. The van der Waals surface area contributed by atoms with Crippen LogP contribution in [0.25, 0.3) is 21.7 Å². The van der Waals surface area contributed by atoms with Gasteiger partial charge in [-0.15, -0.1) is 0 Å². The van der Waals surface area contributed by atoms with Gasteiger partial charge in [0.25, 0.3) is 10.0 Å². The lowest BCUT2D eigenvalue weighted by Crippen LogP contribution is -2.16.